The van der Waals surface area contributed by atoms with E-state index in [1.54, 1.807) is 25.1 Å². The van der Waals surface area contributed by atoms with Crippen molar-refractivity contribution in [2.24, 2.45) is 0 Å². The molecule has 1 aromatic heterocycles. The number of thioether (sulfide) groups is 1. The van der Waals surface area contributed by atoms with E-state index in [-0.39, 0.29) is 5.82 Å². The molecule has 1 atom stereocenters. The molecule has 0 fully saturated rings. The van der Waals surface area contributed by atoms with Gasteiger partial charge in [0.25, 0.3) is 11.1 Å². The molecule has 3 aromatic rings. The normalized spacial score (nSPS) is 12.0. The average molecular weight is 429 g/mol. The van der Waals surface area contributed by atoms with Gasteiger partial charge in [0.1, 0.15) is 17.3 Å². The summed E-state index contributed by atoms with van der Waals surface area (Å²) in [7, 11) is 0. The van der Waals surface area contributed by atoms with Crippen molar-refractivity contribution in [3.05, 3.63) is 64.2 Å². The average Bonchev–Trinajstić information content (AvgIpc) is 3.11. The molecule has 3 rings (SSSR count). The molecular weight excluding hydrogens is 414 g/mol. The zero-order valence-corrected chi connectivity index (χ0v) is 16.5. The molecule has 0 saturated heterocycles. The summed E-state index contributed by atoms with van der Waals surface area (Å²) in [5, 5.41) is 9.37. The quantitative estimate of drug-likeness (QED) is 0.332. The van der Waals surface area contributed by atoms with Gasteiger partial charge < -0.3 is 13.9 Å². The van der Waals surface area contributed by atoms with Gasteiger partial charge in [0.2, 0.25) is 0 Å². The van der Waals surface area contributed by atoms with Gasteiger partial charge in [-0.25, -0.2) is 4.39 Å². The summed E-state index contributed by atoms with van der Waals surface area (Å²) in [4.78, 5) is 0. The molecule has 5 nitrogen and oxygen atoms in total. The highest BCUT2D eigenvalue weighted by Crippen LogP contribution is 2.28. The fourth-order valence-electron chi connectivity index (χ4n) is 2.08. The van der Waals surface area contributed by atoms with Crippen molar-refractivity contribution in [1.29, 1.82) is 0 Å². The van der Waals surface area contributed by atoms with Crippen LogP contribution in [0.3, 0.4) is 0 Å². The van der Waals surface area contributed by atoms with Crippen LogP contribution in [0.5, 0.6) is 11.5 Å². The molecule has 0 radical (unpaired) electrons. The van der Waals surface area contributed by atoms with Gasteiger partial charge >= 0.3 is 0 Å². The maximum absolute atomic E-state index is 12.9. The van der Waals surface area contributed by atoms with Crippen molar-refractivity contribution in [1.82, 2.24) is 10.2 Å². The van der Waals surface area contributed by atoms with Crippen LogP contribution in [0.25, 0.3) is 0 Å². The molecule has 0 spiro atoms. The topological polar surface area (TPSA) is 57.4 Å². The summed E-state index contributed by atoms with van der Waals surface area (Å²) in [5.41, 5.74) is 0. The Hall–Kier alpha value is -1.96. The first-order valence-electron chi connectivity index (χ1n) is 7.97. The second-order valence-electron chi connectivity index (χ2n) is 5.39. The Labute approximate surface area is 169 Å². The fourth-order valence-corrected chi connectivity index (χ4v) is 3.13. The Morgan fingerprint density at radius 2 is 1.93 bits per heavy atom. The van der Waals surface area contributed by atoms with Gasteiger partial charge in [-0.1, -0.05) is 35.0 Å². The SMILES string of the molecule is CC(Oc1ccc(F)cc1)c1nnc(SCCOc2ccc(Cl)cc2Cl)o1. The van der Waals surface area contributed by atoms with Crippen molar-refractivity contribution in [2.45, 2.75) is 18.3 Å². The first-order valence-corrected chi connectivity index (χ1v) is 9.71. The second kappa shape index (κ2) is 9.30. The van der Waals surface area contributed by atoms with Crippen LogP contribution in [0.1, 0.15) is 18.9 Å². The molecule has 0 aliphatic rings. The molecule has 2 aromatic carbocycles. The maximum Gasteiger partial charge on any atom is 0.276 e. The van der Waals surface area contributed by atoms with Crippen LogP contribution < -0.4 is 9.47 Å². The summed E-state index contributed by atoms with van der Waals surface area (Å²) < 4.78 is 29.8. The standard InChI is InChI=1S/C18H15Cl2FN2O3S/c1-11(25-14-5-3-13(21)4-6-14)17-22-23-18(26-17)27-9-8-24-16-7-2-12(19)10-15(16)20/h2-7,10-11H,8-9H2,1H3. The Morgan fingerprint density at radius 1 is 1.15 bits per heavy atom. The molecule has 0 aliphatic carbocycles. The Kier molecular flexibility index (Phi) is 6.82. The molecular formula is C18H15Cl2FN2O3S. The lowest BCUT2D eigenvalue weighted by Crippen LogP contribution is -2.03. The third kappa shape index (κ3) is 5.76. The van der Waals surface area contributed by atoms with Crippen LogP contribution in [0.2, 0.25) is 10.0 Å². The highest BCUT2D eigenvalue weighted by molar-refractivity contribution is 7.99. The van der Waals surface area contributed by atoms with Crippen LogP contribution in [-0.2, 0) is 0 Å². The number of halogens is 3. The van der Waals surface area contributed by atoms with Gasteiger partial charge in [-0.15, -0.1) is 10.2 Å². The Morgan fingerprint density at radius 3 is 2.67 bits per heavy atom. The van der Waals surface area contributed by atoms with Gasteiger partial charge in [0.15, 0.2) is 6.10 Å². The number of nitrogens with zero attached hydrogens (tertiary/aromatic N) is 2. The van der Waals surface area contributed by atoms with Crippen LogP contribution in [0.4, 0.5) is 4.39 Å². The number of rotatable bonds is 8. The van der Waals surface area contributed by atoms with Crippen LogP contribution in [0.15, 0.2) is 52.1 Å². The number of benzene rings is 2. The van der Waals surface area contributed by atoms with E-state index in [4.69, 9.17) is 37.1 Å². The van der Waals surface area contributed by atoms with Gasteiger partial charge in [-0.3, -0.25) is 0 Å². The van der Waals surface area contributed by atoms with E-state index in [1.807, 2.05) is 0 Å². The molecule has 27 heavy (non-hydrogen) atoms. The van der Waals surface area contributed by atoms with Crippen LogP contribution >= 0.6 is 35.0 Å². The zero-order chi connectivity index (χ0) is 19.2. The van der Waals surface area contributed by atoms with Crippen molar-refractivity contribution < 1.29 is 18.3 Å². The summed E-state index contributed by atoms with van der Waals surface area (Å²) >= 11 is 13.2. The van der Waals surface area contributed by atoms with E-state index in [9.17, 15) is 4.39 Å². The number of hydrogen-bond donors (Lipinski definition) is 0. The molecule has 0 bridgehead atoms. The fraction of sp³-hybridized carbons (Fsp3) is 0.222. The lowest BCUT2D eigenvalue weighted by Gasteiger charge is -2.10. The molecule has 0 amide bonds. The first-order chi connectivity index (χ1) is 13.0. The molecule has 9 heteroatoms. The monoisotopic (exact) mass is 428 g/mol. The Balaban J connectivity index is 1.46. The number of aromatic nitrogens is 2. The minimum atomic E-state index is -0.457. The predicted molar refractivity (Wildman–Crippen MR) is 102 cm³/mol. The van der Waals surface area contributed by atoms with Crippen molar-refractivity contribution in [3.63, 3.8) is 0 Å². The zero-order valence-electron chi connectivity index (χ0n) is 14.2. The smallest absolute Gasteiger partial charge is 0.276 e. The minimum absolute atomic E-state index is 0.325. The molecule has 0 N–H and O–H groups in total. The van der Waals surface area contributed by atoms with Gasteiger partial charge in [0, 0.05) is 10.8 Å². The molecule has 1 unspecified atom stereocenters. The van der Waals surface area contributed by atoms with E-state index in [2.05, 4.69) is 10.2 Å². The van der Waals surface area contributed by atoms with E-state index < -0.39 is 6.10 Å². The largest absolute Gasteiger partial charge is 0.491 e. The second-order valence-corrected chi connectivity index (χ2v) is 7.28. The van der Waals surface area contributed by atoms with Crippen molar-refractivity contribution in [2.75, 3.05) is 12.4 Å². The van der Waals surface area contributed by atoms with Gasteiger partial charge in [-0.05, 0) is 49.4 Å². The highest BCUT2D eigenvalue weighted by atomic mass is 35.5. The summed E-state index contributed by atoms with van der Waals surface area (Å²) in [5.74, 6) is 1.68. The lowest BCUT2D eigenvalue weighted by atomic mass is 10.3. The highest BCUT2D eigenvalue weighted by Gasteiger charge is 2.16. The van der Waals surface area contributed by atoms with Crippen molar-refractivity contribution >= 4 is 35.0 Å². The molecule has 0 aliphatic heterocycles. The number of hydrogen-bond acceptors (Lipinski definition) is 6. The van der Waals surface area contributed by atoms with E-state index in [1.165, 1.54) is 36.0 Å². The van der Waals surface area contributed by atoms with Crippen LogP contribution in [0, 0.1) is 5.82 Å². The maximum atomic E-state index is 12.9. The minimum Gasteiger partial charge on any atom is -0.491 e. The summed E-state index contributed by atoms with van der Waals surface area (Å²) in [6.07, 6.45) is -0.457. The Bertz CT molecular complexity index is 893. The number of ether oxygens (including phenoxy) is 2. The molecule has 142 valence electrons. The predicted octanol–water partition coefficient (Wildman–Crippen LogP) is 5.83. The molecule has 1 heterocycles. The lowest BCUT2D eigenvalue weighted by molar-refractivity contribution is 0.181. The van der Waals surface area contributed by atoms with Gasteiger partial charge in [-0.2, -0.15) is 0 Å². The van der Waals surface area contributed by atoms with E-state index in [0.717, 1.165) is 0 Å². The third-order valence-electron chi connectivity index (χ3n) is 3.36. The van der Waals surface area contributed by atoms with Gasteiger partial charge in [0.05, 0.1) is 11.6 Å². The first kappa shape index (κ1) is 19.8. The van der Waals surface area contributed by atoms with E-state index in [0.29, 0.717) is 45.0 Å². The van der Waals surface area contributed by atoms with Crippen molar-refractivity contribution in [3.8, 4) is 11.5 Å². The summed E-state index contributed by atoms with van der Waals surface area (Å²) in [6.45, 7) is 2.18. The van der Waals surface area contributed by atoms with Crippen LogP contribution in [-0.4, -0.2) is 22.6 Å². The van der Waals surface area contributed by atoms with E-state index >= 15 is 0 Å². The third-order valence-corrected chi connectivity index (χ3v) is 4.67. The molecule has 0 saturated carbocycles. The summed E-state index contributed by atoms with van der Waals surface area (Å²) in [6, 6.07) is 10.8.